The van der Waals surface area contributed by atoms with Crippen LogP contribution in [0, 0.1) is 5.92 Å². The molecule has 1 atom stereocenters. The monoisotopic (exact) mass is 390 g/mol. The number of nitrogens with zero attached hydrogens (tertiary/aromatic N) is 1. The first-order valence-corrected chi connectivity index (χ1v) is 10.9. The van der Waals surface area contributed by atoms with E-state index in [-0.39, 0.29) is 24.2 Å². The van der Waals surface area contributed by atoms with Gasteiger partial charge in [0, 0.05) is 35.8 Å². The van der Waals surface area contributed by atoms with E-state index in [1.165, 1.54) is 0 Å². The minimum Gasteiger partial charge on any atom is -0.468 e. The lowest BCUT2D eigenvalue weighted by atomic mass is 10.1. The summed E-state index contributed by atoms with van der Waals surface area (Å²) in [6, 6.07) is 11.7. The summed E-state index contributed by atoms with van der Waals surface area (Å²) in [6.07, 6.45) is 3.94. The fraction of sp³-hybridized carbons (Fsp3) is 0.368. The molecule has 0 spiro atoms. The predicted octanol–water partition coefficient (Wildman–Crippen LogP) is 3.40. The molecule has 1 aromatic carbocycles. The molecule has 1 aliphatic heterocycles. The molecule has 1 aromatic heterocycles. The number of hydrogen-bond acceptors (Lipinski definition) is 5. The third-order valence-electron chi connectivity index (χ3n) is 4.23. The van der Waals surface area contributed by atoms with Crippen molar-refractivity contribution in [3.8, 4) is 0 Å². The third kappa shape index (κ3) is 4.86. The van der Waals surface area contributed by atoms with Gasteiger partial charge in [-0.15, -0.1) is 11.8 Å². The van der Waals surface area contributed by atoms with Crippen molar-refractivity contribution in [2.75, 3.05) is 30.0 Å². The zero-order valence-electron chi connectivity index (χ0n) is 14.6. The van der Waals surface area contributed by atoms with Crippen LogP contribution in [-0.4, -0.2) is 36.9 Å². The van der Waals surface area contributed by atoms with Crippen molar-refractivity contribution >= 4 is 41.0 Å². The average Bonchev–Trinajstić information content (AvgIpc) is 3.31. The number of thioether (sulfide) groups is 2. The summed E-state index contributed by atoms with van der Waals surface area (Å²) in [5, 5.41) is 2.95. The summed E-state index contributed by atoms with van der Waals surface area (Å²) in [4.78, 5) is 27.5. The molecule has 0 aliphatic carbocycles. The van der Waals surface area contributed by atoms with Crippen LogP contribution in [0.3, 0.4) is 0 Å². The average molecular weight is 391 g/mol. The van der Waals surface area contributed by atoms with Crippen molar-refractivity contribution in [3.05, 3.63) is 48.4 Å². The molecule has 1 aliphatic rings. The summed E-state index contributed by atoms with van der Waals surface area (Å²) in [7, 11) is 0. The van der Waals surface area contributed by atoms with E-state index < -0.39 is 0 Å². The molecular weight excluding hydrogens is 368 g/mol. The lowest BCUT2D eigenvalue weighted by molar-refractivity contribution is -0.126. The molecule has 7 heteroatoms. The van der Waals surface area contributed by atoms with Crippen LogP contribution in [-0.2, 0) is 15.3 Å². The van der Waals surface area contributed by atoms with Gasteiger partial charge in [0.05, 0.1) is 17.9 Å². The van der Waals surface area contributed by atoms with E-state index in [4.69, 9.17) is 4.42 Å². The summed E-state index contributed by atoms with van der Waals surface area (Å²) < 4.78 is 5.27. The quantitative estimate of drug-likeness (QED) is 0.553. The molecule has 2 heterocycles. The summed E-state index contributed by atoms with van der Waals surface area (Å²) in [5.41, 5.74) is 0.867. The molecule has 1 fully saturated rings. The van der Waals surface area contributed by atoms with Gasteiger partial charge >= 0.3 is 0 Å². The third-order valence-corrected chi connectivity index (χ3v) is 5.94. The number of benzene rings is 1. The van der Waals surface area contributed by atoms with Gasteiger partial charge in [-0.25, -0.2) is 0 Å². The fourth-order valence-corrected chi connectivity index (χ4v) is 4.08. The van der Waals surface area contributed by atoms with Crippen molar-refractivity contribution < 1.29 is 14.0 Å². The Hall–Kier alpha value is -1.86. The number of amides is 2. The maximum atomic E-state index is 12.4. The van der Waals surface area contributed by atoms with Gasteiger partial charge in [-0.2, -0.15) is 11.8 Å². The Morgan fingerprint density at radius 3 is 3.00 bits per heavy atom. The molecule has 3 rings (SSSR count). The highest BCUT2D eigenvalue weighted by molar-refractivity contribution is 7.98. The van der Waals surface area contributed by atoms with Crippen LogP contribution in [0.4, 0.5) is 5.69 Å². The van der Waals surface area contributed by atoms with Gasteiger partial charge in [-0.1, -0.05) is 6.07 Å². The van der Waals surface area contributed by atoms with Gasteiger partial charge in [0.1, 0.15) is 5.76 Å². The van der Waals surface area contributed by atoms with Crippen LogP contribution in [0.1, 0.15) is 12.2 Å². The minimum atomic E-state index is -0.282. The predicted molar refractivity (Wildman–Crippen MR) is 107 cm³/mol. The molecule has 2 aromatic rings. The van der Waals surface area contributed by atoms with E-state index in [0.29, 0.717) is 13.1 Å². The highest BCUT2D eigenvalue weighted by Crippen LogP contribution is 2.28. The molecule has 0 saturated carbocycles. The van der Waals surface area contributed by atoms with Crippen molar-refractivity contribution in [1.29, 1.82) is 0 Å². The van der Waals surface area contributed by atoms with Gasteiger partial charge in [0.25, 0.3) is 0 Å². The first-order chi connectivity index (χ1) is 12.7. The van der Waals surface area contributed by atoms with Crippen LogP contribution in [0.25, 0.3) is 0 Å². The van der Waals surface area contributed by atoms with Gasteiger partial charge in [0.15, 0.2) is 0 Å². The SMILES string of the molecule is CSc1cccc(N2C[C@H](C(=O)NCCSCc3ccco3)CC2=O)c1. The maximum Gasteiger partial charge on any atom is 0.227 e. The molecule has 1 saturated heterocycles. The first kappa shape index (κ1) is 18.9. The standard InChI is InChI=1S/C19H22N2O3S2/c1-25-17-6-2-4-15(11-17)21-12-14(10-18(21)22)19(23)20-7-9-26-13-16-5-3-8-24-16/h2-6,8,11,14H,7,9-10,12-13H2,1H3,(H,20,23)/t14-/m1/s1. The zero-order valence-corrected chi connectivity index (χ0v) is 16.3. The Morgan fingerprint density at radius 1 is 1.35 bits per heavy atom. The normalized spacial score (nSPS) is 16.9. The number of carbonyl (C=O) groups is 2. The second-order valence-electron chi connectivity index (χ2n) is 6.03. The van der Waals surface area contributed by atoms with Gasteiger partial charge < -0.3 is 14.6 Å². The van der Waals surface area contributed by atoms with Crippen molar-refractivity contribution in [2.45, 2.75) is 17.1 Å². The summed E-state index contributed by atoms with van der Waals surface area (Å²) in [5.74, 6) is 2.23. The van der Waals surface area contributed by atoms with E-state index in [2.05, 4.69) is 5.32 Å². The van der Waals surface area contributed by atoms with Crippen LogP contribution >= 0.6 is 23.5 Å². The number of nitrogens with one attached hydrogen (secondary N) is 1. The Bertz CT molecular complexity index is 749. The Labute approximate surface area is 161 Å². The van der Waals surface area contributed by atoms with E-state index in [9.17, 15) is 9.59 Å². The number of carbonyl (C=O) groups excluding carboxylic acids is 2. The lowest BCUT2D eigenvalue weighted by Crippen LogP contribution is -2.34. The van der Waals surface area contributed by atoms with Crippen molar-refractivity contribution in [1.82, 2.24) is 5.32 Å². The van der Waals surface area contributed by atoms with Crippen molar-refractivity contribution in [2.24, 2.45) is 5.92 Å². The van der Waals surface area contributed by atoms with Gasteiger partial charge in [-0.05, 0) is 36.6 Å². The molecule has 0 radical (unpaired) electrons. The fourth-order valence-electron chi connectivity index (χ4n) is 2.87. The summed E-state index contributed by atoms with van der Waals surface area (Å²) >= 11 is 3.35. The smallest absolute Gasteiger partial charge is 0.227 e. The van der Waals surface area contributed by atoms with Crippen LogP contribution in [0.5, 0.6) is 0 Å². The second-order valence-corrected chi connectivity index (χ2v) is 8.01. The zero-order chi connectivity index (χ0) is 18.4. The Morgan fingerprint density at radius 2 is 2.23 bits per heavy atom. The molecule has 0 bridgehead atoms. The molecule has 138 valence electrons. The molecule has 0 unspecified atom stereocenters. The summed E-state index contributed by atoms with van der Waals surface area (Å²) in [6.45, 7) is 1.04. The molecule has 26 heavy (non-hydrogen) atoms. The van der Waals surface area contributed by atoms with Gasteiger partial charge in [-0.3, -0.25) is 9.59 Å². The molecule has 2 amide bonds. The van der Waals surface area contributed by atoms with Crippen LogP contribution < -0.4 is 10.2 Å². The minimum absolute atomic E-state index is 0.00981. The topological polar surface area (TPSA) is 62.6 Å². The van der Waals surface area contributed by atoms with Crippen LogP contribution in [0.15, 0.2) is 52.0 Å². The van der Waals surface area contributed by atoms with E-state index in [0.717, 1.165) is 27.8 Å². The molecular formula is C19H22N2O3S2. The number of anilines is 1. The maximum absolute atomic E-state index is 12.4. The number of furan rings is 1. The van der Waals surface area contributed by atoms with E-state index in [1.54, 1.807) is 34.7 Å². The Balaban J connectivity index is 1.44. The molecule has 1 N–H and O–H groups in total. The van der Waals surface area contributed by atoms with Crippen molar-refractivity contribution in [3.63, 3.8) is 0 Å². The van der Waals surface area contributed by atoms with Crippen LogP contribution in [0.2, 0.25) is 0 Å². The Kier molecular flexibility index (Phi) is 6.68. The molecule has 5 nitrogen and oxygen atoms in total. The second kappa shape index (κ2) is 9.19. The number of hydrogen-bond donors (Lipinski definition) is 1. The van der Waals surface area contributed by atoms with E-state index >= 15 is 0 Å². The highest BCUT2D eigenvalue weighted by atomic mass is 32.2. The van der Waals surface area contributed by atoms with E-state index in [1.807, 2.05) is 42.7 Å². The largest absolute Gasteiger partial charge is 0.468 e. The lowest BCUT2D eigenvalue weighted by Gasteiger charge is -2.17. The first-order valence-electron chi connectivity index (χ1n) is 8.49. The highest BCUT2D eigenvalue weighted by Gasteiger charge is 2.34. The van der Waals surface area contributed by atoms with Gasteiger partial charge in [0.2, 0.25) is 11.8 Å². The number of rotatable bonds is 8.